The Labute approximate surface area is 307 Å². The molecule has 3 heterocycles. The number of ether oxygens (including phenoxy) is 2. The summed E-state index contributed by atoms with van der Waals surface area (Å²) < 4.78 is 70.7. The van der Waals surface area contributed by atoms with Crippen molar-refractivity contribution in [2.75, 3.05) is 19.8 Å². The van der Waals surface area contributed by atoms with Crippen LogP contribution in [0.25, 0.3) is 0 Å². The lowest BCUT2D eigenvalue weighted by Gasteiger charge is -2.35. The lowest BCUT2D eigenvalue weighted by atomic mass is 9.85. The number of piperidine rings is 1. The number of rotatable bonds is 6. The normalized spacial score (nSPS) is 31.6. The van der Waals surface area contributed by atoms with Crippen LogP contribution in [0, 0.1) is 11.3 Å². The van der Waals surface area contributed by atoms with Crippen molar-refractivity contribution in [1.29, 1.82) is 0 Å². The number of nitrogens with zero attached hydrogens (tertiary/aromatic N) is 1. The van der Waals surface area contributed by atoms with Gasteiger partial charge in [0.1, 0.15) is 29.6 Å². The minimum Gasteiger partial charge on any atom is -0.542 e. The van der Waals surface area contributed by atoms with Crippen molar-refractivity contribution in [3.05, 3.63) is 12.7 Å². The zero-order valence-electron chi connectivity index (χ0n) is 30.4. The largest absolute Gasteiger partial charge is 0.542 e. The summed E-state index contributed by atoms with van der Waals surface area (Å²) in [4.78, 5) is 64.6. The highest BCUT2D eigenvalue weighted by molar-refractivity contribution is 7.91. The molecule has 0 aromatic rings. The Balaban J connectivity index is 0.000000815. The number of hydrogen-bond donors (Lipinski definition) is 4. The number of alkyl carbamates (subject to hydrolysis) is 1. The molecule has 5 fully saturated rings. The summed E-state index contributed by atoms with van der Waals surface area (Å²) in [5.74, 6) is -5.29. The van der Waals surface area contributed by atoms with Crippen molar-refractivity contribution in [1.82, 2.24) is 20.3 Å². The SMILES string of the molecule is C=C[C@@H]1C[C@]1(NC(=O)[C@@H]1C[C@@H]2CN1C(=O)[C@H](C(C)(C)C)NC(=O)OCCCCCC1CCCC(CO2)[NH2+]1)C(=O)NS(=O)(=O)C1CC1.O=C([O-])C(F)(F)F. The maximum absolute atomic E-state index is 14.2. The Morgan fingerprint density at radius 1 is 1.04 bits per heavy atom. The number of carbonyl (C=O) groups is 5. The van der Waals surface area contributed by atoms with Gasteiger partial charge in [-0.25, -0.2) is 13.2 Å². The van der Waals surface area contributed by atoms with E-state index >= 15 is 0 Å². The molecular formula is C34H52F3N5O10S. The molecule has 0 radical (unpaired) electrons. The lowest BCUT2D eigenvalue weighted by Crippen LogP contribution is -2.97. The highest BCUT2D eigenvalue weighted by Crippen LogP contribution is 2.45. The minimum atomic E-state index is -5.19. The van der Waals surface area contributed by atoms with E-state index in [4.69, 9.17) is 19.4 Å². The Morgan fingerprint density at radius 3 is 2.26 bits per heavy atom. The van der Waals surface area contributed by atoms with Crippen LogP contribution in [0.1, 0.15) is 91.4 Å². The molecule has 300 valence electrons. The number of fused-ring (bicyclic) bond motifs is 4. The molecule has 7 atom stereocenters. The molecule has 3 saturated heterocycles. The summed E-state index contributed by atoms with van der Waals surface area (Å²) in [5, 5.41) is 16.1. The highest BCUT2D eigenvalue weighted by atomic mass is 32.2. The van der Waals surface area contributed by atoms with Crippen LogP contribution in [0.2, 0.25) is 0 Å². The zero-order valence-corrected chi connectivity index (χ0v) is 31.2. The second-order valence-electron chi connectivity index (χ2n) is 15.7. The van der Waals surface area contributed by atoms with E-state index in [0.29, 0.717) is 31.5 Å². The quantitative estimate of drug-likeness (QED) is 0.268. The Kier molecular flexibility index (Phi) is 13.5. The predicted molar refractivity (Wildman–Crippen MR) is 180 cm³/mol. The van der Waals surface area contributed by atoms with Gasteiger partial charge in [0.25, 0.3) is 5.91 Å². The number of carbonyl (C=O) groups excluding carboxylic acids is 5. The van der Waals surface area contributed by atoms with E-state index < -0.39 is 86.3 Å². The molecule has 0 spiro atoms. The second kappa shape index (κ2) is 16.9. The van der Waals surface area contributed by atoms with E-state index in [-0.39, 0.29) is 26.0 Å². The van der Waals surface area contributed by atoms with E-state index in [0.717, 1.165) is 44.9 Å². The fourth-order valence-electron chi connectivity index (χ4n) is 7.11. The fourth-order valence-corrected chi connectivity index (χ4v) is 8.48. The number of alkyl halides is 3. The third-order valence-electron chi connectivity index (χ3n) is 10.4. The van der Waals surface area contributed by atoms with Crippen LogP contribution in [0.5, 0.6) is 0 Å². The summed E-state index contributed by atoms with van der Waals surface area (Å²) >= 11 is 0. The molecule has 53 heavy (non-hydrogen) atoms. The smallest absolute Gasteiger partial charge is 0.430 e. The number of hydrogen-bond acceptors (Lipinski definition) is 10. The molecule has 2 saturated carbocycles. The van der Waals surface area contributed by atoms with Crippen molar-refractivity contribution in [2.45, 2.75) is 139 Å². The number of amides is 4. The standard InChI is InChI=1S/C32H51N5O8S.C2HF3O2/c1-5-20-17-32(20,29(40)36-46(42,43)24-13-14-24)35-27(38)25-16-23-18-37(25)28(39)26(31(2,3)4)34-30(41)44-15-8-6-7-10-21-11-9-12-22(33-21)19-45-23;3-2(4,5)1(6)7/h5,20-26,33H,1,6-19H2,2-4H3,(H,34,41)(H,35,38)(H,36,40);(H,6,7)/t20-,21?,22?,23-,25+,26-,32-;/m1./s1. The molecule has 4 amide bonds. The van der Waals surface area contributed by atoms with Crippen molar-refractivity contribution < 1.29 is 65.5 Å². The van der Waals surface area contributed by atoms with E-state index in [1.807, 2.05) is 20.8 Å². The first-order chi connectivity index (χ1) is 24.7. The van der Waals surface area contributed by atoms with Gasteiger partial charge >= 0.3 is 12.3 Å². The third-order valence-corrected chi connectivity index (χ3v) is 12.2. The predicted octanol–water partition coefficient (Wildman–Crippen LogP) is 0.140. The van der Waals surface area contributed by atoms with E-state index in [1.165, 1.54) is 11.0 Å². The van der Waals surface area contributed by atoms with Crippen LogP contribution in [0.4, 0.5) is 18.0 Å². The van der Waals surface area contributed by atoms with Crippen LogP contribution in [-0.2, 0) is 38.7 Å². The Bertz CT molecular complexity index is 1500. The van der Waals surface area contributed by atoms with Gasteiger partial charge in [0.2, 0.25) is 21.8 Å². The van der Waals surface area contributed by atoms with Gasteiger partial charge in [-0.15, -0.1) is 6.58 Å². The first-order valence-corrected chi connectivity index (χ1v) is 19.7. The van der Waals surface area contributed by atoms with Crippen LogP contribution in [0.15, 0.2) is 12.7 Å². The van der Waals surface area contributed by atoms with Crippen LogP contribution in [-0.4, -0.2) is 110 Å². The number of halogens is 3. The lowest BCUT2D eigenvalue weighted by molar-refractivity contribution is -0.732. The summed E-state index contributed by atoms with van der Waals surface area (Å²) in [5.41, 5.74) is -2.19. The monoisotopic (exact) mass is 779 g/mol. The molecule has 3 aliphatic heterocycles. The number of sulfonamides is 1. The van der Waals surface area contributed by atoms with E-state index in [2.05, 4.69) is 27.3 Å². The molecule has 4 bridgehead atoms. The fraction of sp³-hybridized carbons (Fsp3) is 0.794. The number of quaternary nitrogens is 1. The van der Waals surface area contributed by atoms with Gasteiger partial charge in [0.15, 0.2) is 0 Å². The number of carboxylic acids is 1. The Hall–Kier alpha value is -3.45. The summed E-state index contributed by atoms with van der Waals surface area (Å²) in [6, 6.07) is -1.19. The molecule has 19 heteroatoms. The third kappa shape index (κ3) is 11.3. The van der Waals surface area contributed by atoms with Crippen molar-refractivity contribution in [3.63, 3.8) is 0 Å². The van der Waals surface area contributed by atoms with Gasteiger partial charge in [-0.1, -0.05) is 26.8 Å². The van der Waals surface area contributed by atoms with Crippen LogP contribution >= 0.6 is 0 Å². The number of nitrogens with two attached hydrogens (primary N) is 1. The number of carboxylic acid groups (broad SMARTS) is 1. The molecule has 2 aliphatic carbocycles. The molecule has 5 aliphatic rings. The maximum Gasteiger partial charge on any atom is 0.430 e. The number of aliphatic carboxylic acids is 1. The van der Waals surface area contributed by atoms with Gasteiger partial charge in [0.05, 0.1) is 30.6 Å². The number of nitrogens with one attached hydrogen (secondary N) is 3. The molecular weight excluding hydrogens is 727 g/mol. The summed E-state index contributed by atoms with van der Waals surface area (Å²) in [6.45, 7) is 10.1. The van der Waals surface area contributed by atoms with E-state index in [9.17, 15) is 40.8 Å². The first-order valence-electron chi connectivity index (χ1n) is 18.2. The van der Waals surface area contributed by atoms with Crippen LogP contribution in [0.3, 0.4) is 0 Å². The zero-order chi connectivity index (χ0) is 39.4. The molecule has 5 rings (SSSR count). The average Bonchev–Trinajstić information content (AvgIpc) is 3.99. The molecule has 0 aromatic heterocycles. The topological polar surface area (TPSA) is 217 Å². The van der Waals surface area contributed by atoms with Gasteiger partial charge in [0, 0.05) is 25.3 Å². The van der Waals surface area contributed by atoms with Gasteiger partial charge in [-0.3, -0.25) is 19.1 Å². The van der Waals surface area contributed by atoms with Gasteiger partial charge in [-0.2, -0.15) is 13.2 Å². The highest BCUT2D eigenvalue weighted by Gasteiger charge is 2.62. The van der Waals surface area contributed by atoms with Crippen molar-refractivity contribution in [3.8, 4) is 0 Å². The van der Waals surface area contributed by atoms with E-state index in [1.54, 1.807) is 0 Å². The van der Waals surface area contributed by atoms with Gasteiger partial charge in [-0.05, 0) is 63.2 Å². The average molecular weight is 780 g/mol. The summed E-state index contributed by atoms with van der Waals surface area (Å²) in [6.07, 6.45) is 3.73. The molecule has 0 aromatic carbocycles. The molecule has 15 nitrogen and oxygen atoms in total. The molecule has 5 N–H and O–H groups in total. The second-order valence-corrected chi connectivity index (χ2v) is 17.7. The van der Waals surface area contributed by atoms with Crippen molar-refractivity contribution >= 4 is 39.8 Å². The van der Waals surface area contributed by atoms with Crippen LogP contribution < -0.4 is 25.8 Å². The van der Waals surface area contributed by atoms with Gasteiger partial charge < -0.3 is 40.2 Å². The minimum absolute atomic E-state index is 0.135. The number of cyclic esters (lactones) is 1. The maximum atomic E-state index is 14.2. The molecule has 2 unspecified atom stereocenters. The first kappa shape index (κ1) is 42.3. The Morgan fingerprint density at radius 2 is 1.68 bits per heavy atom. The summed E-state index contributed by atoms with van der Waals surface area (Å²) in [7, 11) is -3.84. The van der Waals surface area contributed by atoms with Crippen molar-refractivity contribution in [2.24, 2.45) is 11.3 Å².